The summed E-state index contributed by atoms with van der Waals surface area (Å²) >= 11 is 0. The highest BCUT2D eigenvalue weighted by Crippen LogP contribution is 2.28. The average Bonchev–Trinajstić information content (AvgIpc) is 3.18. The Morgan fingerprint density at radius 2 is 1.93 bits per heavy atom. The van der Waals surface area contributed by atoms with Crippen LogP contribution in [0, 0.1) is 0 Å². The quantitative estimate of drug-likeness (QED) is 0.257. The van der Waals surface area contributed by atoms with Crippen molar-refractivity contribution in [2.24, 2.45) is 16.8 Å². The maximum absolute atomic E-state index is 13.4. The van der Waals surface area contributed by atoms with Gasteiger partial charge in [0, 0.05) is 55.5 Å². The van der Waals surface area contributed by atoms with Gasteiger partial charge < -0.3 is 16.2 Å². The molecule has 0 unspecified atom stereocenters. The van der Waals surface area contributed by atoms with Crippen molar-refractivity contribution >= 4 is 22.8 Å². The molecule has 0 bridgehead atoms. The second kappa shape index (κ2) is 7.67. The van der Waals surface area contributed by atoms with Gasteiger partial charge in [-0.1, -0.05) is 0 Å². The number of hydrazine groups is 1. The van der Waals surface area contributed by atoms with Gasteiger partial charge in [-0.3, -0.25) is 14.3 Å². The molecular weight excluding hydrogens is 394 g/mol. The first-order valence-electron chi connectivity index (χ1n) is 9.26. The van der Waals surface area contributed by atoms with Crippen LogP contribution in [0.3, 0.4) is 0 Å². The molecule has 0 spiro atoms. The topological polar surface area (TPSA) is 127 Å². The lowest BCUT2D eigenvalue weighted by Crippen LogP contribution is -2.42. The predicted molar refractivity (Wildman–Crippen MR) is 107 cm³/mol. The molecule has 4 heterocycles. The number of hydrogen-bond donors (Lipinski definition) is 3. The Labute approximate surface area is 170 Å². The fraction of sp³-hybridized carbons (Fsp3) is 0.263. The van der Waals surface area contributed by atoms with Gasteiger partial charge in [-0.15, -0.1) is 0 Å². The third kappa shape index (κ3) is 3.66. The standard InChI is InChI=1S/C19H20F2N8O/c20-19(21)2-5-28(6-3-19)18(30)14-7-12-1-4-29(17(12)25-10-14)15-8-13(9-24-11-15)16(26-22)27-23/h1,4,7-11H,2-3,5-6,22-23H2,(H,26,27). The van der Waals surface area contributed by atoms with Crippen molar-refractivity contribution in [1.82, 2.24) is 24.9 Å². The number of halogens is 2. The summed E-state index contributed by atoms with van der Waals surface area (Å²) in [6.45, 7) is 0.0626. The van der Waals surface area contributed by atoms with E-state index in [0.29, 0.717) is 22.5 Å². The predicted octanol–water partition coefficient (Wildman–Crippen LogP) is 1.38. The first kappa shape index (κ1) is 19.7. The average molecular weight is 414 g/mol. The van der Waals surface area contributed by atoms with Crippen LogP contribution < -0.4 is 17.1 Å². The SMILES string of the molecule is N/N=C(\NN)c1cncc(-n2ccc3cc(C(=O)N4CCC(F)(F)CC4)cnc32)c1. The van der Waals surface area contributed by atoms with Gasteiger partial charge in [0.1, 0.15) is 5.65 Å². The summed E-state index contributed by atoms with van der Waals surface area (Å²) in [5.74, 6) is 8.00. The molecule has 1 saturated heterocycles. The van der Waals surface area contributed by atoms with Crippen LogP contribution >= 0.6 is 0 Å². The second-order valence-corrected chi connectivity index (χ2v) is 7.02. The number of carbonyl (C=O) groups excluding carboxylic acids is 1. The molecule has 3 aromatic rings. The van der Waals surface area contributed by atoms with Gasteiger partial charge in [-0.2, -0.15) is 5.10 Å². The number of nitrogens with two attached hydrogens (primary N) is 2. The molecule has 1 fully saturated rings. The largest absolute Gasteiger partial charge is 0.338 e. The van der Waals surface area contributed by atoms with Crippen LogP contribution in [0.4, 0.5) is 8.78 Å². The monoisotopic (exact) mass is 414 g/mol. The number of rotatable bonds is 3. The Kier molecular flexibility index (Phi) is 5.04. The molecule has 0 aromatic carbocycles. The molecular formula is C19H20F2N8O. The highest BCUT2D eigenvalue weighted by molar-refractivity contribution is 5.99. The minimum Gasteiger partial charge on any atom is -0.338 e. The summed E-state index contributed by atoms with van der Waals surface area (Å²) in [7, 11) is 0. The zero-order chi connectivity index (χ0) is 21.3. The van der Waals surface area contributed by atoms with E-state index in [4.69, 9.17) is 11.7 Å². The molecule has 1 aliphatic heterocycles. The third-order valence-electron chi connectivity index (χ3n) is 5.10. The number of nitrogens with zero attached hydrogens (tertiary/aromatic N) is 5. The molecule has 1 amide bonds. The van der Waals surface area contributed by atoms with Crippen molar-refractivity contribution < 1.29 is 13.6 Å². The van der Waals surface area contributed by atoms with Crippen LogP contribution in [0.1, 0.15) is 28.8 Å². The third-order valence-corrected chi connectivity index (χ3v) is 5.10. The maximum atomic E-state index is 13.4. The van der Waals surface area contributed by atoms with Crippen LogP contribution in [-0.2, 0) is 0 Å². The minimum absolute atomic E-state index is 0.0313. The number of hydrazone groups is 1. The van der Waals surface area contributed by atoms with E-state index in [1.165, 1.54) is 11.1 Å². The molecule has 1 aliphatic rings. The van der Waals surface area contributed by atoms with Gasteiger partial charge in [-0.25, -0.2) is 19.6 Å². The Balaban J connectivity index is 1.62. The number of alkyl halides is 2. The van der Waals surface area contributed by atoms with Crippen molar-refractivity contribution in [3.05, 3.63) is 54.1 Å². The fourth-order valence-electron chi connectivity index (χ4n) is 3.45. The first-order valence-corrected chi connectivity index (χ1v) is 9.26. The van der Waals surface area contributed by atoms with Gasteiger partial charge >= 0.3 is 0 Å². The lowest BCUT2D eigenvalue weighted by atomic mass is 10.1. The van der Waals surface area contributed by atoms with Crippen molar-refractivity contribution in [3.63, 3.8) is 0 Å². The summed E-state index contributed by atoms with van der Waals surface area (Å²) in [5.41, 5.74) is 4.67. The lowest BCUT2D eigenvalue weighted by molar-refractivity contribution is -0.0494. The van der Waals surface area contributed by atoms with E-state index in [0.717, 1.165) is 5.39 Å². The number of hydrogen-bond acceptors (Lipinski definition) is 6. The van der Waals surface area contributed by atoms with Crippen LogP contribution in [0.25, 0.3) is 16.7 Å². The number of amidine groups is 1. The molecule has 0 atom stereocenters. The van der Waals surface area contributed by atoms with E-state index in [9.17, 15) is 13.6 Å². The van der Waals surface area contributed by atoms with Gasteiger partial charge in [0.15, 0.2) is 5.84 Å². The smallest absolute Gasteiger partial charge is 0.255 e. The molecule has 0 radical (unpaired) electrons. The Morgan fingerprint density at radius 1 is 1.17 bits per heavy atom. The summed E-state index contributed by atoms with van der Waals surface area (Å²) in [4.78, 5) is 22.7. The molecule has 11 heteroatoms. The van der Waals surface area contributed by atoms with Crippen molar-refractivity contribution in [1.29, 1.82) is 0 Å². The second-order valence-electron chi connectivity index (χ2n) is 7.02. The number of nitrogens with one attached hydrogen (secondary N) is 1. The number of pyridine rings is 2. The number of likely N-dealkylation sites (tertiary alicyclic amines) is 1. The van der Waals surface area contributed by atoms with Gasteiger partial charge in [-0.05, 0) is 18.2 Å². The highest BCUT2D eigenvalue weighted by atomic mass is 19.3. The Bertz CT molecular complexity index is 1120. The molecule has 9 nitrogen and oxygen atoms in total. The van der Waals surface area contributed by atoms with Crippen LogP contribution in [0.15, 0.2) is 48.1 Å². The van der Waals surface area contributed by atoms with Gasteiger partial charge in [0.2, 0.25) is 0 Å². The Hall–Kier alpha value is -3.60. The van der Waals surface area contributed by atoms with E-state index in [2.05, 4.69) is 20.5 Å². The fourth-order valence-corrected chi connectivity index (χ4v) is 3.45. The normalized spacial score (nSPS) is 16.6. The summed E-state index contributed by atoms with van der Waals surface area (Å²) < 4.78 is 28.5. The lowest BCUT2D eigenvalue weighted by Gasteiger charge is -2.31. The van der Waals surface area contributed by atoms with E-state index in [1.54, 1.807) is 35.3 Å². The van der Waals surface area contributed by atoms with E-state index >= 15 is 0 Å². The van der Waals surface area contributed by atoms with E-state index < -0.39 is 5.92 Å². The van der Waals surface area contributed by atoms with Crippen LogP contribution in [-0.4, -0.2) is 50.2 Å². The van der Waals surface area contributed by atoms with Crippen molar-refractivity contribution in [3.8, 4) is 5.69 Å². The first-order chi connectivity index (χ1) is 14.4. The molecule has 4 rings (SSSR count). The van der Waals surface area contributed by atoms with Gasteiger partial charge in [0.05, 0.1) is 17.4 Å². The number of carbonyl (C=O) groups is 1. The maximum Gasteiger partial charge on any atom is 0.255 e. The summed E-state index contributed by atoms with van der Waals surface area (Å²) in [6, 6.07) is 5.31. The van der Waals surface area contributed by atoms with Gasteiger partial charge in [0.25, 0.3) is 11.8 Å². The molecule has 5 N–H and O–H groups in total. The molecule has 30 heavy (non-hydrogen) atoms. The van der Waals surface area contributed by atoms with Crippen LogP contribution in [0.5, 0.6) is 0 Å². The summed E-state index contributed by atoms with van der Waals surface area (Å²) in [6.07, 6.45) is 5.82. The number of fused-ring (bicyclic) bond motifs is 1. The summed E-state index contributed by atoms with van der Waals surface area (Å²) in [5, 5.41) is 4.31. The van der Waals surface area contributed by atoms with Crippen molar-refractivity contribution in [2.75, 3.05) is 13.1 Å². The molecule has 0 saturated carbocycles. The van der Waals surface area contributed by atoms with E-state index in [-0.39, 0.29) is 37.7 Å². The zero-order valence-corrected chi connectivity index (χ0v) is 15.9. The molecule has 0 aliphatic carbocycles. The minimum atomic E-state index is -2.70. The zero-order valence-electron chi connectivity index (χ0n) is 15.9. The highest BCUT2D eigenvalue weighted by Gasteiger charge is 2.35. The number of aromatic nitrogens is 3. The molecule has 3 aromatic heterocycles. The van der Waals surface area contributed by atoms with Crippen LogP contribution in [0.2, 0.25) is 0 Å². The van der Waals surface area contributed by atoms with Crippen molar-refractivity contribution in [2.45, 2.75) is 18.8 Å². The number of amides is 1. The number of piperidine rings is 1. The molecule has 156 valence electrons. The van der Waals surface area contributed by atoms with E-state index in [1.807, 2.05) is 6.07 Å². The Morgan fingerprint density at radius 3 is 2.63 bits per heavy atom.